The van der Waals surface area contributed by atoms with Crippen LogP contribution in [0.3, 0.4) is 0 Å². The minimum Gasteiger partial charge on any atom is -0.394 e. The highest BCUT2D eigenvalue weighted by Crippen LogP contribution is 2.16. The minimum absolute atomic E-state index is 0.0127. The van der Waals surface area contributed by atoms with E-state index in [-0.39, 0.29) is 25.0 Å². The standard InChI is InChI=1S/C27H53N3O6/c1-3-4-5-6-7-8-9-10-11-12-13-14-22(33)17-25(35)24(28)16-23(34)15-20(2)26(29)27(36)30-21(18-31)19-32/h18,20-22,24-26,32-33,35H,3-17,19,28-29H2,1-2H3,(H,30,36). The van der Waals surface area contributed by atoms with Crippen LogP contribution in [0.25, 0.3) is 0 Å². The quantitative estimate of drug-likeness (QED) is 0.0836. The first-order valence-corrected chi connectivity index (χ1v) is 13.9. The highest BCUT2D eigenvalue weighted by molar-refractivity contribution is 5.86. The van der Waals surface area contributed by atoms with E-state index in [0.717, 1.165) is 19.3 Å². The van der Waals surface area contributed by atoms with Crippen molar-refractivity contribution >= 4 is 18.0 Å². The van der Waals surface area contributed by atoms with Gasteiger partial charge in [0, 0.05) is 25.3 Å². The smallest absolute Gasteiger partial charge is 0.237 e. The summed E-state index contributed by atoms with van der Waals surface area (Å²) >= 11 is 0. The van der Waals surface area contributed by atoms with Crippen molar-refractivity contribution in [1.82, 2.24) is 5.32 Å². The van der Waals surface area contributed by atoms with Gasteiger partial charge >= 0.3 is 0 Å². The Kier molecular flexibility index (Phi) is 20.8. The number of unbranched alkanes of at least 4 members (excludes halogenated alkanes) is 10. The van der Waals surface area contributed by atoms with Gasteiger partial charge in [0.15, 0.2) is 0 Å². The van der Waals surface area contributed by atoms with Crippen molar-refractivity contribution < 1.29 is 29.7 Å². The van der Waals surface area contributed by atoms with Crippen molar-refractivity contribution in [3.05, 3.63) is 0 Å². The Balaban J connectivity index is 4.05. The number of carbonyl (C=O) groups excluding carboxylic acids is 3. The van der Waals surface area contributed by atoms with Crippen molar-refractivity contribution in [2.45, 2.75) is 140 Å². The minimum atomic E-state index is -1.04. The van der Waals surface area contributed by atoms with Crippen molar-refractivity contribution in [2.24, 2.45) is 17.4 Å². The number of carbonyl (C=O) groups is 3. The summed E-state index contributed by atoms with van der Waals surface area (Å²) in [5, 5.41) is 31.8. The van der Waals surface area contributed by atoms with Gasteiger partial charge < -0.3 is 36.9 Å². The Bertz CT molecular complexity index is 592. The van der Waals surface area contributed by atoms with Crippen molar-refractivity contribution in [3.8, 4) is 0 Å². The van der Waals surface area contributed by atoms with E-state index in [1.165, 1.54) is 51.4 Å². The maximum absolute atomic E-state index is 12.4. The van der Waals surface area contributed by atoms with Gasteiger partial charge in [-0.2, -0.15) is 0 Å². The molecular weight excluding hydrogens is 462 g/mol. The van der Waals surface area contributed by atoms with Crippen LogP contribution in [0, 0.1) is 5.92 Å². The van der Waals surface area contributed by atoms with Crippen LogP contribution >= 0.6 is 0 Å². The van der Waals surface area contributed by atoms with Crippen LogP contribution in [-0.2, 0) is 14.4 Å². The number of hydrogen-bond donors (Lipinski definition) is 6. The van der Waals surface area contributed by atoms with Crippen LogP contribution in [0.4, 0.5) is 0 Å². The summed E-state index contributed by atoms with van der Waals surface area (Å²) in [4.78, 5) is 35.2. The highest BCUT2D eigenvalue weighted by Gasteiger charge is 2.27. The van der Waals surface area contributed by atoms with Crippen LogP contribution < -0.4 is 16.8 Å². The molecule has 212 valence electrons. The summed E-state index contributed by atoms with van der Waals surface area (Å²) in [5.41, 5.74) is 11.8. The topological polar surface area (TPSA) is 176 Å². The van der Waals surface area contributed by atoms with E-state index < -0.39 is 48.8 Å². The fraction of sp³-hybridized carbons (Fsp3) is 0.889. The van der Waals surface area contributed by atoms with Crippen LogP contribution in [0.2, 0.25) is 0 Å². The number of aliphatic hydroxyl groups excluding tert-OH is 3. The number of aliphatic hydroxyl groups is 3. The molecule has 0 aliphatic carbocycles. The highest BCUT2D eigenvalue weighted by atomic mass is 16.3. The second-order valence-electron chi connectivity index (χ2n) is 10.3. The van der Waals surface area contributed by atoms with E-state index in [1.807, 2.05) is 0 Å². The zero-order valence-electron chi connectivity index (χ0n) is 22.6. The van der Waals surface area contributed by atoms with Crippen molar-refractivity contribution in [1.29, 1.82) is 0 Å². The van der Waals surface area contributed by atoms with Crippen LogP contribution in [-0.4, -0.2) is 70.2 Å². The SMILES string of the molecule is CCCCCCCCCCCCCC(O)CC(O)C(N)CC(=O)CC(C)C(N)C(=O)NC(C=O)CO. The predicted molar refractivity (Wildman–Crippen MR) is 142 cm³/mol. The predicted octanol–water partition coefficient (Wildman–Crippen LogP) is 2.12. The van der Waals surface area contributed by atoms with E-state index in [1.54, 1.807) is 6.92 Å². The second-order valence-corrected chi connectivity index (χ2v) is 10.3. The molecule has 0 aromatic heterocycles. The van der Waals surface area contributed by atoms with E-state index in [0.29, 0.717) is 12.7 Å². The molecule has 36 heavy (non-hydrogen) atoms. The fourth-order valence-electron chi connectivity index (χ4n) is 4.24. The molecular formula is C27H53N3O6. The lowest BCUT2D eigenvalue weighted by Gasteiger charge is -2.23. The third-order valence-electron chi connectivity index (χ3n) is 6.77. The number of rotatable bonds is 24. The molecule has 0 saturated carbocycles. The number of nitrogens with one attached hydrogen (secondary N) is 1. The molecule has 0 aliphatic rings. The van der Waals surface area contributed by atoms with Crippen LogP contribution in [0.15, 0.2) is 0 Å². The van der Waals surface area contributed by atoms with E-state index in [9.17, 15) is 24.6 Å². The van der Waals surface area contributed by atoms with Gasteiger partial charge in [0.05, 0.1) is 24.9 Å². The Morgan fingerprint density at radius 3 is 1.92 bits per heavy atom. The molecule has 0 fully saturated rings. The fourth-order valence-corrected chi connectivity index (χ4v) is 4.24. The molecule has 0 bridgehead atoms. The van der Waals surface area contributed by atoms with Crippen LogP contribution in [0.5, 0.6) is 0 Å². The number of Topliss-reactive ketones (excluding diaryl/α,β-unsaturated/α-hetero) is 1. The first-order valence-electron chi connectivity index (χ1n) is 13.9. The largest absolute Gasteiger partial charge is 0.394 e. The summed E-state index contributed by atoms with van der Waals surface area (Å²) in [6.45, 7) is 3.33. The average molecular weight is 516 g/mol. The molecule has 8 N–H and O–H groups in total. The lowest BCUT2D eigenvalue weighted by atomic mass is 9.91. The molecule has 0 spiro atoms. The molecule has 0 aliphatic heterocycles. The molecule has 0 heterocycles. The van der Waals surface area contributed by atoms with Gasteiger partial charge in [0.1, 0.15) is 18.1 Å². The molecule has 9 nitrogen and oxygen atoms in total. The third kappa shape index (κ3) is 17.1. The van der Waals surface area contributed by atoms with Gasteiger partial charge in [-0.1, -0.05) is 84.5 Å². The summed E-state index contributed by atoms with van der Waals surface area (Å²) in [5.74, 6) is -1.39. The molecule has 6 unspecified atom stereocenters. The Labute approximate surface area is 217 Å². The summed E-state index contributed by atoms with van der Waals surface area (Å²) in [6.07, 6.45) is 12.9. The first kappa shape index (κ1) is 34.6. The number of nitrogens with two attached hydrogens (primary N) is 2. The maximum Gasteiger partial charge on any atom is 0.237 e. The molecule has 0 radical (unpaired) electrons. The van der Waals surface area contributed by atoms with Gasteiger partial charge in [-0.05, 0) is 12.3 Å². The molecule has 9 heteroatoms. The Morgan fingerprint density at radius 2 is 1.42 bits per heavy atom. The number of amides is 1. The van der Waals surface area contributed by atoms with Crippen molar-refractivity contribution in [2.75, 3.05) is 6.61 Å². The van der Waals surface area contributed by atoms with Gasteiger partial charge in [0.2, 0.25) is 5.91 Å². The monoisotopic (exact) mass is 515 g/mol. The van der Waals surface area contributed by atoms with Gasteiger partial charge in [0.25, 0.3) is 0 Å². The van der Waals surface area contributed by atoms with E-state index in [2.05, 4.69) is 12.2 Å². The van der Waals surface area contributed by atoms with Gasteiger partial charge in [-0.15, -0.1) is 0 Å². The lowest BCUT2D eigenvalue weighted by molar-refractivity contribution is -0.127. The molecule has 0 saturated heterocycles. The average Bonchev–Trinajstić information content (AvgIpc) is 2.84. The van der Waals surface area contributed by atoms with Gasteiger partial charge in [-0.3, -0.25) is 9.59 Å². The second kappa shape index (κ2) is 21.7. The normalized spacial score (nSPS) is 16.5. The van der Waals surface area contributed by atoms with Gasteiger partial charge in [-0.25, -0.2) is 0 Å². The number of aldehydes is 1. The number of ketones is 1. The summed E-state index contributed by atoms with van der Waals surface area (Å²) in [6, 6.07) is -2.88. The zero-order valence-corrected chi connectivity index (χ0v) is 22.6. The van der Waals surface area contributed by atoms with Crippen molar-refractivity contribution in [3.63, 3.8) is 0 Å². The zero-order chi connectivity index (χ0) is 27.3. The third-order valence-corrected chi connectivity index (χ3v) is 6.77. The lowest BCUT2D eigenvalue weighted by Crippen LogP contribution is -2.50. The van der Waals surface area contributed by atoms with E-state index in [4.69, 9.17) is 16.6 Å². The first-order chi connectivity index (χ1) is 17.2. The molecule has 0 rings (SSSR count). The summed E-state index contributed by atoms with van der Waals surface area (Å²) in [7, 11) is 0. The maximum atomic E-state index is 12.4. The molecule has 0 aromatic rings. The molecule has 0 aromatic carbocycles. The molecule has 1 amide bonds. The summed E-state index contributed by atoms with van der Waals surface area (Å²) < 4.78 is 0. The Hall–Kier alpha value is -1.39. The van der Waals surface area contributed by atoms with Crippen LogP contribution in [0.1, 0.15) is 110 Å². The Morgan fingerprint density at radius 1 is 0.889 bits per heavy atom. The number of hydrogen-bond acceptors (Lipinski definition) is 8. The van der Waals surface area contributed by atoms with E-state index >= 15 is 0 Å². The molecule has 6 atom stereocenters.